The van der Waals surface area contributed by atoms with E-state index < -0.39 is 42.0 Å². The molecule has 0 spiro atoms. The van der Waals surface area contributed by atoms with Gasteiger partial charge in [0.15, 0.2) is 11.2 Å². The molecule has 4 rings (SSSR count). The van der Waals surface area contributed by atoms with E-state index >= 15 is 0 Å². The monoisotopic (exact) mass is 508 g/mol. The second-order valence-electron chi connectivity index (χ2n) is 8.21. The molecule has 0 aromatic heterocycles. The third kappa shape index (κ3) is 5.76. The molecule has 0 atom stereocenters. The van der Waals surface area contributed by atoms with E-state index in [2.05, 4.69) is 0 Å². The number of aliphatic hydroxyl groups is 1. The van der Waals surface area contributed by atoms with Gasteiger partial charge in [-0.1, -0.05) is 66.7 Å². The number of aliphatic carboxylic acids is 3. The van der Waals surface area contributed by atoms with Crippen LogP contribution in [0.1, 0.15) is 36.5 Å². The Labute approximate surface area is 211 Å². The molecule has 0 saturated carbocycles. The van der Waals surface area contributed by atoms with Gasteiger partial charge in [-0.25, -0.2) is 4.79 Å². The minimum absolute atomic E-state index is 0.342. The lowest BCUT2D eigenvalue weighted by molar-refractivity contribution is -0.170. The molecule has 10 nitrogen and oxygen atoms in total. The van der Waals surface area contributed by atoms with Gasteiger partial charge in [0.1, 0.15) is 11.5 Å². The van der Waals surface area contributed by atoms with Crippen molar-refractivity contribution in [1.82, 2.24) is 0 Å². The lowest BCUT2D eigenvalue weighted by Gasteiger charge is -2.39. The fourth-order valence-electron chi connectivity index (χ4n) is 4.04. The van der Waals surface area contributed by atoms with E-state index in [-0.39, 0.29) is 5.97 Å². The number of esters is 1. The summed E-state index contributed by atoms with van der Waals surface area (Å²) in [5, 5.41) is 33.8. The number of rotatable bonds is 7. The molecule has 192 valence electrons. The van der Waals surface area contributed by atoms with Crippen molar-refractivity contribution >= 4 is 23.9 Å². The molecular formula is C27H24O10. The second-order valence-corrected chi connectivity index (χ2v) is 8.21. The highest BCUT2D eigenvalue weighted by atomic mass is 16.6. The zero-order valence-corrected chi connectivity index (χ0v) is 19.7. The molecule has 3 aromatic carbocycles. The lowest BCUT2D eigenvalue weighted by Crippen LogP contribution is -2.42. The predicted octanol–water partition coefficient (Wildman–Crippen LogP) is 3.40. The Hall–Kier alpha value is -4.70. The summed E-state index contributed by atoms with van der Waals surface area (Å²) in [5.41, 5.74) is -1.21. The Morgan fingerprint density at radius 3 is 1.59 bits per heavy atom. The highest BCUT2D eigenvalue weighted by Crippen LogP contribution is 2.52. The summed E-state index contributed by atoms with van der Waals surface area (Å²) >= 11 is 0. The summed E-state index contributed by atoms with van der Waals surface area (Å²) in [6, 6.07) is 25.1. The Morgan fingerprint density at radius 1 is 0.757 bits per heavy atom. The molecule has 10 heteroatoms. The first-order chi connectivity index (χ1) is 17.5. The quantitative estimate of drug-likeness (QED) is 0.347. The summed E-state index contributed by atoms with van der Waals surface area (Å²) < 4.78 is 12.0. The molecular weight excluding hydrogens is 484 g/mol. The number of para-hydroxylation sites is 2. The maximum Gasteiger partial charge on any atom is 0.336 e. The van der Waals surface area contributed by atoms with E-state index in [0.29, 0.717) is 11.5 Å². The molecule has 3 aromatic rings. The molecule has 1 heterocycles. The molecule has 0 radical (unpaired) electrons. The number of carboxylic acid groups (broad SMARTS) is 3. The van der Waals surface area contributed by atoms with Crippen LogP contribution in [0.2, 0.25) is 0 Å². The van der Waals surface area contributed by atoms with Gasteiger partial charge in [-0.05, 0) is 12.1 Å². The first-order valence-electron chi connectivity index (χ1n) is 11.0. The highest BCUT2D eigenvalue weighted by molar-refractivity contribution is 5.88. The van der Waals surface area contributed by atoms with Crippen LogP contribution in [0, 0.1) is 0 Å². The molecule has 0 saturated heterocycles. The van der Waals surface area contributed by atoms with E-state index in [9.17, 15) is 19.2 Å². The summed E-state index contributed by atoms with van der Waals surface area (Å²) in [7, 11) is 0. The Balaban J connectivity index is 0.000000251. The van der Waals surface area contributed by atoms with Crippen molar-refractivity contribution in [2.75, 3.05) is 0 Å². The molecule has 0 aliphatic carbocycles. The summed E-state index contributed by atoms with van der Waals surface area (Å²) in [5.74, 6) is -3.97. The van der Waals surface area contributed by atoms with Crippen molar-refractivity contribution in [1.29, 1.82) is 0 Å². The Bertz CT molecular complexity index is 1250. The number of hydrogen-bond acceptors (Lipinski definition) is 7. The maximum atomic E-state index is 12.0. The van der Waals surface area contributed by atoms with Crippen LogP contribution in [0.5, 0.6) is 11.5 Å². The molecule has 4 N–H and O–H groups in total. The van der Waals surface area contributed by atoms with Gasteiger partial charge in [-0.15, -0.1) is 0 Å². The highest BCUT2D eigenvalue weighted by Gasteiger charge is 2.46. The summed E-state index contributed by atoms with van der Waals surface area (Å²) in [4.78, 5) is 42.5. The van der Waals surface area contributed by atoms with Crippen molar-refractivity contribution in [2.24, 2.45) is 0 Å². The summed E-state index contributed by atoms with van der Waals surface area (Å²) in [6.07, 6.45) is -2.29. The van der Waals surface area contributed by atoms with Crippen molar-refractivity contribution in [2.45, 2.75) is 31.0 Å². The van der Waals surface area contributed by atoms with E-state index in [1.165, 1.54) is 6.92 Å². The van der Waals surface area contributed by atoms with Crippen LogP contribution in [0.3, 0.4) is 0 Å². The van der Waals surface area contributed by atoms with Crippen LogP contribution in [-0.2, 0) is 29.5 Å². The minimum Gasteiger partial charge on any atom is -0.481 e. The standard InChI is InChI=1S/C21H16O3.C6H8O7/c1-15(22)24-21(16-9-3-2-4-10-16)17-11-5-7-13-19(17)23-20-14-8-6-12-18(20)21;7-3(8)1-6(13,5(11)12)2-4(9)10/h2-14H,1H3;13H,1-2H2,(H,7,8)(H,9,10)(H,11,12). The first kappa shape index (κ1) is 26.9. The topological polar surface area (TPSA) is 168 Å². The average Bonchev–Trinajstić information content (AvgIpc) is 2.83. The minimum atomic E-state index is -2.74. The number of benzene rings is 3. The molecule has 0 unspecified atom stereocenters. The van der Waals surface area contributed by atoms with E-state index in [4.69, 9.17) is 29.9 Å². The fraction of sp³-hybridized carbons (Fsp3) is 0.185. The summed E-state index contributed by atoms with van der Waals surface area (Å²) in [6.45, 7) is 1.44. The maximum absolute atomic E-state index is 12.0. The number of hydrogen-bond donors (Lipinski definition) is 4. The normalized spacial score (nSPS) is 12.9. The SMILES string of the molecule is CC(=O)OC1(c2ccccc2)c2ccccc2Oc2ccccc21.O=C(O)CC(O)(CC(=O)O)C(=O)O. The van der Waals surface area contributed by atoms with Gasteiger partial charge in [-0.3, -0.25) is 14.4 Å². The van der Waals surface area contributed by atoms with Crippen LogP contribution in [0.15, 0.2) is 78.9 Å². The molecule has 1 aliphatic heterocycles. The van der Waals surface area contributed by atoms with Gasteiger partial charge in [0.25, 0.3) is 0 Å². The number of fused-ring (bicyclic) bond motifs is 2. The third-order valence-electron chi connectivity index (χ3n) is 5.52. The van der Waals surface area contributed by atoms with Crippen LogP contribution in [-0.4, -0.2) is 49.9 Å². The van der Waals surface area contributed by atoms with E-state index in [1.807, 2.05) is 78.9 Å². The number of carbonyl (C=O) groups is 4. The van der Waals surface area contributed by atoms with Gasteiger partial charge >= 0.3 is 23.9 Å². The van der Waals surface area contributed by atoms with Gasteiger partial charge < -0.3 is 29.9 Å². The van der Waals surface area contributed by atoms with Crippen molar-refractivity contribution < 1.29 is 49.1 Å². The number of carbonyl (C=O) groups excluding carboxylic acids is 1. The predicted molar refractivity (Wildman–Crippen MR) is 128 cm³/mol. The molecule has 37 heavy (non-hydrogen) atoms. The number of ether oxygens (including phenoxy) is 2. The van der Waals surface area contributed by atoms with Crippen LogP contribution in [0.25, 0.3) is 0 Å². The fourth-order valence-corrected chi connectivity index (χ4v) is 4.04. The molecule has 0 fully saturated rings. The van der Waals surface area contributed by atoms with Crippen molar-refractivity contribution in [3.05, 3.63) is 95.6 Å². The van der Waals surface area contributed by atoms with Crippen LogP contribution < -0.4 is 4.74 Å². The molecule has 0 amide bonds. The molecule has 1 aliphatic rings. The van der Waals surface area contributed by atoms with Crippen LogP contribution in [0.4, 0.5) is 0 Å². The van der Waals surface area contributed by atoms with Gasteiger partial charge in [-0.2, -0.15) is 0 Å². The largest absolute Gasteiger partial charge is 0.481 e. The smallest absolute Gasteiger partial charge is 0.336 e. The molecule has 0 bridgehead atoms. The zero-order chi connectivity index (χ0) is 27.2. The Kier molecular flexibility index (Phi) is 7.94. The van der Waals surface area contributed by atoms with E-state index in [1.54, 1.807) is 0 Å². The van der Waals surface area contributed by atoms with Gasteiger partial charge in [0.05, 0.1) is 12.8 Å². The van der Waals surface area contributed by atoms with Crippen molar-refractivity contribution in [3.63, 3.8) is 0 Å². The van der Waals surface area contributed by atoms with Gasteiger partial charge in [0, 0.05) is 23.6 Å². The van der Waals surface area contributed by atoms with E-state index in [0.717, 1.165) is 16.7 Å². The van der Waals surface area contributed by atoms with Crippen LogP contribution >= 0.6 is 0 Å². The number of carboxylic acids is 3. The first-order valence-corrected chi connectivity index (χ1v) is 11.0. The third-order valence-corrected chi connectivity index (χ3v) is 5.52. The zero-order valence-electron chi connectivity index (χ0n) is 19.7. The lowest BCUT2D eigenvalue weighted by atomic mass is 9.78. The van der Waals surface area contributed by atoms with Gasteiger partial charge in [0.2, 0.25) is 0 Å². The Morgan fingerprint density at radius 2 is 1.19 bits per heavy atom. The second kappa shape index (κ2) is 10.9. The average molecular weight is 508 g/mol. The van der Waals surface area contributed by atoms with Crippen molar-refractivity contribution in [3.8, 4) is 11.5 Å².